The topological polar surface area (TPSA) is 57.5 Å². The van der Waals surface area contributed by atoms with E-state index in [4.69, 9.17) is 21.8 Å². The average molecular weight is 173 g/mol. The van der Waals surface area contributed by atoms with Gasteiger partial charge in [-0.05, 0) is 6.07 Å². The molecule has 0 saturated carbocycles. The Balaban J connectivity index is 3.36. The fraction of sp³-hybridized carbons (Fsp3) is 0. The summed E-state index contributed by atoms with van der Waals surface area (Å²) < 4.78 is 0. The predicted octanol–water partition coefficient (Wildman–Crippen LogP) is 1.56. The lowest BCUT2D eigenvalue weighted by Gasteiger charge is -1.99. The van der Waals surface area contributed by atoms with E-state index in [0.717, 1.165) is 6.07 Å². The zero-order chi connectivity index (χ0) is 8.43. The van der Waals surface area contributed by atoms with Gasteiger partial charge in [-0.2, -0.15) is 0 Å². The highest BCUT2D eigenvalue weighted by molar-refractivity contribution is 6.33. The van der Waals surface area contributed by atoms with Crippen molar-refractivity contribution in [1.29, 1.82) is 0 Å². The van der Waals surface area contributed by atoms with Gasteiger partial charge < -0.3 is 10.2 Å². The maximum absolute atomic E-state index is 10.2. The van der Waals surface area contributed by atoms with Crippen LogP contribution < -0.4 is 0 Å². The van der Waals surface area contributed by atoms with Crippen molar-refractivity contribution in [3.05, 3.63) is 22.7 Å². The molecule has 0 saturated heterocycles. The van der Waals surface area contributed by atoms with Gasteiger partial charge in [-0.1, -0.05) is 11.6 Å². The summed E-state index contributed by atoms with van der Waals surface area (Å²) in [6.45, 7) is 0. The Labute approximate surface area is 67.8 Å². The van der Waals surface area contributed by atoms with E-state index in [1.807, 2.05) is 0 Å². The summed E-state index contributed by atoms with van der Waals surface area (Å²) >= 11 is 5.48. The zero-order valence-corrected chi connectivity index (χ0v) is 6.17. The van der Waals surface area contributed by atoms with E-state index in [-0.39, 0.29) is 22.1 Å². The summed E-state index contributed by atoms with van der Waals surface area (Å²) in [6.07, 6.45) is 0.428. The third-order valence-electron chi connectivity index (χ3n) is 1.21. The normalized spacial score (nSPS) is 9.55. The Morgan fingerprint density at radius 3 is 2.45 bits per heavy atom. The first kappa shape index (κ1) is 7.88. The van der Waals surface area contributed by atoms with E-state index in [1.165, 1.54) is 6.07 Å². The number of benzene rings is 1. The van der Waals surface area contributed by atoms with Crippen LogP contribution in [0.5, 0.6) is 11.5 Å². The SMILES string of the molecule is O=Cc1c(O)cc(O)cc1Cl. The molecule has 0 heterocycles. The van der Waals surface area contributed by atoms with Crippen molar-refractivity contribution in [2.75, 3.05) is 0 Å². The molecule has 0 amide bonds. The quantitative estimate of drug-likeness (QED) is 0.632. The summed E-state index contributed by atoms with van der Waals surface area (Å²) in [5.41, 5.74) is -0.00975. The van der Waals surface area contributed by atoms with Crippen molar-refractivity contribution in [1.82, 2.24) is 0 Å². The van der Waals surface area contributed by atoms with Crippen molar-refractivity contribution in [3.8, 4) is 11.5 Å². The number of carbonyl (C=O) groups excluding carboxylic acids is 1. The molecule has 0 spiro atoms. The van der Waals surface area contributed by atoms with Crippen LogP contribution in [0.15, 0.2) is 12.1 Å². The van der Waals surface area contributed by atoms with Gasteiger partial charge in [-0.25, -0.2) is 0 Å². The maximum atomic E-state index is 10.2. The number of phenols is 2. The molecular formula is C7H5ClO3. The maximum Gasteiger partial charge on any atom is 0.155 e. The highest BCUT2D eigenvalue weighted by atomic mass is 35.5. The summed E-state index contributed by atoms with van der Waals surface area (Å²) in [5, 5.41) is 17.9. The Hall–Kier alpha value is -1.22. The molecule has 0 atom stereocenters. The fourth-order valence-corrected chi connectivity index (χ4v) is 0.959. The molecular weight excluding hydrogens is 168 g/mol. The molecule has 0 aliphatic rings. The summed E-state index contributed by atoms with van der Waals surface area (Å²) in [4.78, 5) is 10.2. The first-order chi connectivity index (χ1) is 5.15. The molecule has 0 bridgehead atoms. The van der Waals surface area contributed by atoms with Crippen LogP contribution in [-0.2, 0) is 0 Å². The number of hydrogen-bond acceptors (Lipinski definition) is 3. The van der Waals surface area contributed by atoms with E-state index >= 15 is 0 Å². The standard InChI is InChI=1S/C7H5ClO3/c8-6-1-4(10)2-7(11)5(6)3-9/h1-3,10-11H. The van der Waals surface area contributed by atoms with Crippen molar-refractivity contribution in [3.63, 3.8) is 0 Å². The Kier molecular flexibility index (Phi) is 2.01. The molecule has 0 aliphatic heterocycles. The van der Waals surface area contributed by atoms with E-state index in [9.17, 15) is 4.79 Å². The molecule has 58 valence electrons. The number of carbonyl (C=O) groups is 1. The molecule has 0 unspecified atom stereocenters. The minimum atomic E-state index is -0.315. The largest absolute Gasteiger partial charge is 0.508 e. The Morgan fingerprint density at radius 2 is 2.00 bits per heavy atom. The van der Waals surface area contributed by atoms with Gasteiger partial charge in [0.25, 0.3) is 0 Å². The number of aromatic hydroxyl groups is 2. The first-order valence-corrected chi connectivity index (χ1v) is 3.19. The van der Waals surface area contributed by atoms with E-state index < -0.39 is 0 Å². The van der Waals surface area contributed by atoms with Gasteiger partial charge in [-0.3, -0.25) is 4.79 Å². The molecule has 4 heteroatoms. The van der Waals surface area contributed by atoms with E-state index in [0.29, 0.717) is 6.29 Å². The lowest BCUT2D eigenvalue weighted by Crippen LogP contribution is -1.82. The van der Waals surface area contributed by atoms with Crippen LogP contribution in [0.4, 0.5) is 0 Å². The van der Waals surface area contributed by atoms with E-state index in [2.05, 4.69) is 0 Å². The second-order valence-corrected chi connectivity index (χ2v) is 2.39. The van der Waals surface area contributed by atoms with Crippen molar-refractivity contribution in [2.24, 2.45) is 0 Å². The molecule has 11 heavy (non-hydrogen) atoms. The zero-order valence-electron chi connectivity index (χ0n) is 5.41. The number of halogens is 1. The third kappa shape index (κ3) is 1.43. The molecule has 0 aromatic heterocycles. The number of hydrogen-bond donors (Lipinski definition) is 2. The molecule has 1 aromatic rings. The molecule has 0 fully saturated rings. The van der Waals surface area contributed by atoms with Crippen LogP contribution in [0.1, 0.15) is 10.4 Å². The molecule has 3 nitrogen and oxygen atoms in total. The summed E-state index contributed by atoms with van der Waals surface area (Å²) in [6, 6.07) is 2.24. The van der Waals surface area contributed by atoms with Gasteiger partial charge in [-0.15, -0.1) is 0 Å². The second-order valence-electron chi connectivity index (χ2n) is 1.98. The molecule has 1 aromatic carbocycles. The number of aldehydes is 1. The van der Waals surface area contributed by atoms with Crippen LogP contribution in [0.25, 0.3) is 0 Å². The molecule has 1 rings (SSSR count). The Morgan fingerprint density at radius 1 is 1.36 bits per heavy atom. The second kappa shape index (κ2) is 2.80. The lowest BCUT2D eigenvalue weighted by molar-refractivity contribution is 0.112. The first-order valence-electron chi connectivity index (χ1n) is 2.82. The molecule has 0 radical (unpaired) electrons. The molecule has 0 aliphatic carbocycles. The van der Waals surface area contributed by atoms with Crippen molar-refractivity contribution >= 4 is 17.9 Å². The van der Waals surface area contributed by atoms with Crippen LogP contribution in [0.2, 0.25) is 5.02 Å². The average Bonchev–Trinajstić information content (AvgIpc) is 1.85. The van der Waals surface area contributed by atoms with Gasteiger partial charge in [0, 0.05) is 6.07 Å². The van der Waals surface area contributed by atoms with Crippen LogP contribution in [0.3, 0.4) is 0 Å². The fourth-order valence-electron chi connectivity index (χ4n) is 0.706. The minimum absolute atomic E-state index is 0.00975. The summed E-state index contributed by atoms with van der Waals surface area (Å²) in [7, 11) is 0. The number of phenolic OH excluding ortho intramolecular Hbond substituents is 2. The van der Waals surface area contributed by atoms with Gasteiger partial charge in [0.1, 0.15) is 11.5 Å². The highest BCUT2D eigenvalue weighted by Gasteiger charge is 2.06. The molecule has 2 N–H and O–H groups in total. The third-order valence-corrected chi connectivity index (χ3v) is 1.52. The Bertz CT molecular complexity index is 273. The number of rotatable bonds is 1. The van der Waals surface area contributed by atoms with Gasteiger partial charge in [0.15, 0.2) is 6.29 Å². The van der Waals surface area contributed by atoms with Crippen molar-refractivity contribution < 1.29 is 15.0 Å². The van der Waals surface area contributed by atoms with E-state index in [1.54, 1.807) is 0 Å². The lowest BCUT2D eigenvalue weighted by atomic mass is 10.2. The highest BCUT2D eigenvalue weighted by Crippen LogP contribution is 2.28. The minimum Gasteiger partial charge on any atom is -0.508 e. The predicted molar refractivity (Wildman–Crippen MR) is 40.2 cm³/mol. The summed E-state index contributed by atoms with van der Waals surface area (Å²) in [5.74, 6) is -0.483. The van der Waals surface area contributed by atoms with Crippen LogP contribution in [-0.4, -0.2) is 16.5 Å². The van der Waals surface area contributed by atoms with Crippen LogP contribution in [0, 0.1) is 0 Å². The van der Waals surface area contributed by atoms with Gasteiger partial charge in [0.05, 0.1) is 10.6 Å². The monoisotopic (exact) mass is 172 g/mol. The van der Waals surface area contributed by atoms with Gasteiger partial charge >= 0.3 is 0 Å². The smallest absolute Gasteiger partial charge is 0.155 e. The van der Waals surface area contributed by atoms with Crippen molar-refractivity contribution in [2.45, 2.75) is 0 Å². The van der Waals surface area contributed by atoms with Crippen LogP contribution >= 0.6 is 11.6 Å². The van der Waals surface area contributed by atoms with Gasteiger partial charge in [0.2, 0.25) is 0 Å².